The number of imidazole rings is 1. The fraction of sp³-hybridized carbons (Fsp3) is 0.353. The number of carbonyl (C=O) groups is 1. The Kier molecular flexibility index (Phi) is 3.61. The van der Waals surface area contributed by atoms with Gasteiger partial charge in [-0.25, -0.2) is 9.78 Å². The van der Waals surface area contributed by atoms with Crippen molar-refractivity contribution in [2.75, 3.05) is 13.1 Å². The Labute approximate surface area is 157 Å². The Morgan fingerprint density at radius 2 is 2.30 bits per heavy atom. The van der Waals surface area contributed by atoms with E-state index in [0.717, 1.165) is 40.9 Å². The number of nitrogens with zero attached hydrogens (tertiary/aromatic N) is 5. The van der Waals surface area contributed by atoms with E-state index in [2.05, 4.69) is 24.5 Å². The van der Waals surface area contributed by atoms with Crippen LogP contribution in [0, 0.1) is 6.92 Å². The number of pyridine rings is 1. The van der Waals surface area contributed by atoms with Gasteiger partial charge in [0.15, 0.2) is 0 Å². The van der Waals surface area contributed by atoms with Gasteiger partial charge < -0.3 is 14.9 Å². The lowest BCUT2D eigenvalue weighted by atomic mass is 10.0. The second-order valence-corrected chi connectivity index (χ2v) is 7.55. The normalized spacial score (nSPS) is 17.8. The first-order valence-electron chi connectivity index (χ1n) is 8.78. The third kappa shape index (κ3) is 2.47. The fourth-order valence-corrected chi connectivity index (χ4v) is 4.52. The summed E-state index contributed by atoms with van der Waals surface area (Å²) in [7, 11) is 0. The first-order chi connectivity index (χ1) is 13.1. The van der Waals surface area contributed by atoms with Gasteiger partial charge in [-0.2, -0.15) is 0 Å². The Balaban J connectivity index is 1.56. The number of aromatic amines is 2. The number of fused-ring (bicyclic) bond motifs is 3. The minimum absolute atomic E-state index is 0.0615. The van der Waals surface area contributed by atoms with E-state index in [1.807, 2.05) is 12.3 Å². The summed E-state index contributed by atoms with van der Waals surface area (Å²) in [5.74, 6) is -0.0615. The summed E-state index contributed by atoms with van der Waals surface area (Å²) in [5, 5.41) is 4.83. The van der Waals surface area contributed by atoms with Crippen LogP contribution in [0.2, 0.25) is 0 Å². The lowest BCUT2D eigenvalue weighted by Crippen LogP contribution is -2.42. The molecule has 138 valence electrons. The van der Waals surface area contributed by atoms with Gasteiger partial charge in [0, 0.05) is 24.7 Å². The quantitative estimate of drug-likeness (QED) is 0.548. The fourth-order valence-electron chi connectivity index (χ4n) is 3.89. The van der Waals surface area contributed by atoms with Crippen LogP contribution in [0.1, 0.15) is 34.2 Å². The molecule has 1 atom stereocenters. The number of amides is 1. The zero-order chi connectivity index (χ0) is 18.5. The van der Waals surface area contributed by atoms with Gasteiger partial charge >= 0.3 is 5.69 Å². The molecule has 5 rings (SSSR count). The second-order valence-electron chi connectivity index (χ2n) is 6.80. The van der Waals surface area contributed by atoms with Crippen molar-refractivity contribution in [1.82, 2.24) is 34.0 Å². The molecule has 1 saturated heterocycles. The molecular formula is C17H17N7O2S. The minimum Gasteiger partial charge on any atom is -0.346 e. The van der Waals surface area contributed by atoms with Crippen molar-refractivity contribution in [2.24, 2.45) is 0 Å². The van der Waals surface area contributed by atoms with Crippen LogP contribution < -0.4 is 5.69 Å². The Hall–Kier alpha value is -3.01. The zero-order valence-electron chi connectivity index (χ0n) is 14.6. The third-order valence-corrected chi connectivity index (χ3v) is 5.97. The Bertz CT molecular complexity index is 1220. The summed E-state index contributed by atoms with van der Waals surface area (Å²) in [6, 6.07) is 1.83. The summed E-state index contributed by atoms with van der Waals surface area (Å²) < 4.78 is 5.65. The maximum absolute atomic E-state index is 12.9. The van der Waals surface area contributed by atoms with Crippen LogP contribution in [0.15, 0.2) is 23.3 Å². The summed E-state index contributed by atoms with van der Waals surface area (Å²) in [4.78, 5) is 38.3. The number of rotatable bonds is 2. The van der Waals surface area contributed by atoms with E-state index in [9.17, 15) is 9.59 Å². The molecule has 5 heterocycles. The summed E-state index contributed by atoms with van der Waals surface area (Å²) >= 11 is 1.12. The molecule has 1 fully saturated rings. The third-order valence-electron chi connectivity index (χ3n) is 5.15. The van der Waals surface area contributed by atoms with E-state index in [-0.39, 0.29) is 17.6 Å². The van der Waals surface area contributed by atoms with Crippen LogP contribution >= 0.6 is 11.5 Å². The van der Waals surface area contributed by atoms with Gasteiger partial charge in [0.2, 0.25) is 0 Å². The molecule has 1 aliphatic heterocycles. The monoisotopic (exact) mass is 383 g/mol. The molecule has 9 nitrogen and oxygen atoms in total. The molecule has 2 N–H and O–H groups in total. The molecule has 4 aromatic heterocycles. The van der Waals surface area contributed by atoms with Crippen molar-refractivity contribution in [3.8, 4) is 0 Å². The van der Waals surface area contributed by atoms with Crippen LogP contribution in [0.3, 0.4) is 0 Å². The van der Waals surface area contributed by atoms with Gasteiger partial charge in [-0.3, -0.25) is 9.36 Å². The van der Waals surface area contributed by atoms with Crippen LogP contribution in [-0.2, 0) is 0 Å². The number of nitrogens with one attached hydrogen (secondary N) is 2. The van der Waals surface area contributed by atoms with Crippen LogP contribution in [0.25, 0.3) is 22.1 Å². The highest BCUT2D eigenvalue weighted by Crippen LogP contribution is 2.28. The number of aryl methyl sites for hydroxylation is 1. The largest absolute Gasteiger partial charge is 0.346 e. The van der Waals surface area contributed by atoms with Gasteiger partial charge in [0.25, 0.3) is 5.91 Å². The predicted octanol–water partition coefficient (Wildman–Crippen LogP) is 1.84. The maximum Gasteiger partial charge on any atom is 0.326 e. The van der Waals surface area contributed by atoms with E-state index < -0.39 is 0 Å². The van der Waals surface area contributed by atoms with E-state index in [1.165, 1.54) is 0 Å². The van der Waals surface area contributed by atoms with E-state index in [1.54, 1.807) is 22.6 Å². The lowest BCUT2D eigenvalue weighted by Gasteiger charge is -2.33. The number of hydrogen-bond acceptors (Lipinski definition) is 6. The van der Waals surface area contributed by atoms with E-state index in [0.29, 0.717) is 29.2 Å². The van der Waals surface area contributed by atoms with E-state index in [4.69, 9.17) is 0 Å². The van der Waals surface area contributed by atoms with Gasteiger partial charge in [0.1, 0.15) is 10.5 Å². The molecule has 0 bridgehead atoms. The number of piperidine rings is 1. The molecule has 27 heavy (non-hydrogen) atoms. The second kappa shape index (κ2) is 6.02. The molecule has 4 aromatic rings. The predicted molar refractivity (Wildman–Crippen MR) is 101 cm³/mol. The van der Waals surface area contributed by atoms with Crippen LogP contribution in [-0.4, -0.2) is 53.0 Å². The molecular weight excluding hydrogens is 366 g/mol. The highest BCUT2D eigenvalue weighted by Gasteiger charge is 2.30. The highest BCUT2D eigenvalue weighted by molar-refractivity contribution is 7.07. The molecule has 0 saturated carbocycles. The Morgan fingerprint density at radius 3 is 3.11 bits per heavy atom. The number of carbonyl (C=O) groups excluding carboxylic acids is 1. The first-order valence-corrected chi connectivity index (χ1v) is 9.55. The first kappa shape index (κ1) is 16.2. The molecule has 1 amide bonds. The molecule has 0 radical (unpaired) electrons. The lowest BCUT2D eigenvalue weighted by molar-refractivity contribution is 0.0684. The van der Waals surface area contributed by atoms with Crippen molar-refractivity contribution in [3.05, 3.63) is 39.5 Å². The van der Waals surface area contributed by atoms with Gasteiger partial charge in [-0.15, -0.1) is 5.10 Å². The van der Waals surface area contributed by atoms with Crippen molar-refractivity contribution < 1.29 is 4.79 Å². The standard InChI is InChI=1S/C17H17N7O2S/c1-9-14(27-22-21-9)16(25)23-6-2-3-10(8-23)24-13-11-4-5-18-15(11)19-7-12(13)20-17(24)26/h4-5,7,10H,2-3,6,8H2,1H3,(H,18,19)(H,20,26)/t10-/m1/s1. The van der Waals surface area contributed by atoms with Gasteiger partial charge in [-0.05, 0) is 37.4 Å². The average Bonchev–Trinajstić information content (AvgIpc) is 3.38. The molecule has 0 unspecified atom stereocenters. The smallest absolute Gasteiger partial charge is 0.326 e. The summed E-state index contributed by atoms with van der Waals surface area (Å²) in [6.45, 7) is 2.94. The molecule has 1 aliphatic rings. The van der Waals surface area contributed by atoms with Crippen molar-refractivity contribution in [2.45, 2.75) is 25.8 Å². The maximum atomic E-state index is 12.9. The Morgan fingerprint density at radius 1 is 1.41 bits per heavy atom. The minimum atomic E-state index is -0.171. The van der Waals surface area contributed by atoms with Crippen LogP contribution in [0.4, 0.5) is 0 Å². The molecule has 0 aliphatic carbocycles. The number of likely N-dealkylation sites (tertiary alicyclic amines) is 1. The van der Waals surface area contributed by atoms with E-state index >= 15 is 0 Å². The summed E-state index contributed by atoms with van der Waals surface area (Å²) in [6.07, 6.45) is 5.16. The van der Waals surface area contributed by atoms with Crippen LogP contribution in [0.5, 0.6) is 0 Å². The summed E-state index contributed by atoms with van der Waals surface area (Å²) in [5.41, 5.74) is 2.76. The van der Waals surface area contributed by atoms with Crippen molar-refractivity contribution >= 4 is 39.5 Å². The average molecular weight is 383 g/mol. The molecule has 10 heteroatoms. The molecule has 0 aromatic carbocycles. The number of H-pyrrole nitrogens is 2. The number of hydrogen-bond donors (Lipinski definition) is 2. The highest BCUT2D eigenvalue weighted by atomic mass is 32.1. The van der Waals surface area contributed by atoms with Gasteiger partial charge in [0.05, 0.1) is 29.0 Å². The van der Waals surface area contributed by atoms with Gasteiger partial charge in [-0.1, -0.05) is 4.49 Å². The topological polar surface area (TPSA) is 113 Å². The molecule has 0 spiro atoms. The number of aromatic nitrogens is 6. The zero-order valence-corrected chi connectivity index (χ0v) is 15.4. The SMILES string of the molecule is Cc1nnsc1C(=O)N1CCC[C@@H](n2c(=O)[nH]c3cnc4[nH]ccc4c32)C1. The van der Waals surface area contributed by atoms with Crippen molar-refractivity contribution in [3.63, 3.8) is 0 Å². The van der Waals surface area contributed by atoms with Crippen molar-refractivity contribution in [1.29, 1.82) is 0 Å².